The van der Waals surface area contributed by atoms with E-state index >= 15 is 0 Å². The lowest BCUT2D eigenvalue weighted by molar-refractivity contribution is -0.299. The first-order chi connectivity index (χ1) is 7.19. The number of rotatable bonds is 2. The van der Waals surface area contributed by atoms with Gasteiger partial charge in [0.15, 0.2) is 0 Å². The summed E-state index contributed by atoms with van der Waals surface area (Å²) in [5, 5.41) is 13.4. The molecule has 0 amide bonds. The summed E-state index contributed by atoms with van der Waals surface area (Å²) in [5.41, 5.74) is -0.974. The topological polar surface area (TPSA) is 49.4 Å². The third kappa shape index (κ3) is 2.96. The van der Waals surface area contributed by atoms with Crippen LogP contribution in [0.3, 0.4) is 0 Å². The number of hydrogen-bond acceptors (Lipinski definition) is 3. The summed E-state index contributed by atoms with van der Waals surface area (Å²) in [7, 11) is 0. The van der Waals surface area contributed by atoms with E-state index in [2.05, 4.69) is 15.9 Å². The van der Waals surface area contributed by atoms with Gasteiger partial charge < -0.3 is 4.74 Å². The van der Waals surface area contributed by atoms with Crippen LogP contribution in [0.5, 0.6) is 0 Å². The van der Waals surface area contributed by atoms with Crippen molar-refractivity contribution in [3.05, 3.63) is 0 Å². The first kappa shape index (κ1) is 13.9. The van der Waals surface area contributed by atoms with Crippen LogP contribution in [0.15, 0.2) is 0 Å². The lowest BCUT2D eigenvalue weighted by atomic mass is 9.80. The number of hydrogen-bond donors (Lipinski definition) is 0. The summed E-state index contributed by atoms with van der Waals surface area (Å²) in [6, 6.07) is 0. The molecule has 1 heterocycles. The second kappa shape index (κ2) is 4.63. The second-order valence-corrected chi connectivity index (χ2v) is 6.13. The van der Waals surface area contributed by atoms with Gasteiger partial charge in [-0.05, 0) is 27.7 Å². The molecule has 0 saturated carbocycles. The maximum atomic E-state index is 12.0. The molecule has 0 aromatic carbocycles. The predicted molar refractivity (Wildman–Crippen MR) is 63.6 cm³/mol. The fourth-order valence-corrected chi connectivity index (χ4v) is 2.60. The fraction of sp³-hybridized carbons (Fsp3) is 0.909. The van der Waals surface area contributed by atoms with Gasteiger partial charge in [-0.25, -0.2) is 0 Å². The van der Waals surface area contributed by atoms with E-state index in [1.54, 1.807) is 0 Å². The van der Waals surface area contributed by atoms with Gasteiger partial charge in [-0.15, -0.1) is 10.3 Å². The Kier molecular flexibility index (Phi) is 4.03. The van der Waals surface area contributed by atoms with Crippen LogP contribution in [-0.4, -0.2) is 33.5 Å². The number of carbonyl (C=O) groups is 1. The zero-order chi connectivity index (χ0) is 12.6. The minimum atomic E-state index is -0.487. The van der Waals surface area contributed by atoms with Crippen LogP contribution in [0.4, 0.5) is 0 Å². The van der Waals surface area contributed by atoms with Gasteiger partial charge >= 0.3 is 5.97 Å². The summed E-state index contributed by atoms with van der Waals surface area (Å²) in [6.07, 6.45) is 0.998. The number of halogens is 1. The number of alkyl halides is 1. The summed E-state index contributed by atoms with van der Waals surface area (Å²) in [6.45, 7) is 7.54. The number of ether oxygens (including phenoxy) is 1. The highest BCUT2D eigenvalue weighted by Gasteiger charge is 2.47. The Morgan fingerprint density at radius 1 is 1.31 bits per heavy atom. The van der Waals surface area contributed by atoms with E-state index in [0.717, 1.165) is 5.06 Å². The lowest BCUT2D eigenvalue weighted by Crippen LogP contribution is -2.60. The van der Waals surface area contributed by atoms with Crippen molar-refractivity contribution in [2.75, 3.05) is 5.33 Å². The first-order valence-corrected chi connectivity index (χ1v) is 6.54. The van der Waals surface area contributed by atoms with Crippen molar-refractivity contribution < 1.29 is 14.7 Å². The molecule has 1 radical (unpaired) electrons. The summed E-state index contributed by atoms with van der Waals surface area (Å²) >= 11 is 3.06. The molecule has 5 heteroatoms. The van der Waals surface area contributed by atoms with Crippen LogP contribution in [0.2, 0.25) is 0 Å². The van der Waals surface area contributed by atoms with E-state index in [9.17, 15) is 10.0 Å². The Morgan fingerprint density at radius 3 is 2.12 bits per heavy atom. The maximum Gasteiger partial charge on any atom is 0.316 e. The van der Waals surface area contributed by atoms with Crippen LogP contribution < -0.4 is 0 Å². The van der Waals surface area contributed by atoms with E-state index < -0.39 is 11.1 Å². The number of esters is 1. The molecule has 0 N–H and O–H groups in total. The van der Waals surface area contributed by atoms with Crippen LogP contribution >= 0.6 is 15.9 Å². The molecule has 1 aliphatic rings. The van der Waals surface area contributed by atoms with E-state index in [1.165, 1.54) is 0 Å². The molecule has 1 saturated heterocycles. The molecule has 1 fully saturated rings. The molecule has 0 bridgehead atoms. The zero-order valence-corrected chi connectivity index (χ0v) is 11.8. The molecule has 0 aromatic rings. The number of nitrogens with zero attached hydrogens (tertiary/aromatic N) is 1. The molecule has 0 atom stereocenters. The quantitative estimate of drug-likeness (QED) is 0.580. The molecular formula is C11H19BrNO3. The monoisotopic (exact) mass is 292 g/mol. The van der Waals surface area contributed by atoms with Gasteiger partial charge in [-0.3, -0.25) is 4.79 Å². The van der Waals surface area contributed by atoms with Crippen LogP contribution in [0, 0.1) is 0 Å². The summed E-state index contributed by atoms with van der Waals surface area (Å²) in [5.74, 6) is -0.268. The Labute approximate surface area is 105 Å². The average Bonchev–Trinajstić information content (AvgIpc) is 2.13. The molecule has 0 aliphatic carbocycles. The van der Waals surface area contributed by atoms with Gasteiger partial charge in [0.25, 0.3) is 0 Å². The Balaban J connectivity index is 2.75. The molecule has 0 aromatic heterocycles. The van der Waals surface area contributed by atoms with Crippen molar-refractivity contribution >= 4 is 21.9 Å². The highest BCUT2D eigenvalue weighted by atomic mass is 79.9. The van der Waals surface area contributed by atoms with Crippen LogP contribution in [-0.2, 0) is 14.7 Å². The van der Waals surface area contributed by atoms with Crippen molar-refractivity contribution in [3.63, 3.8) is 0 Å². The molecule has 0 spiro atoms. The third-order valence-corrected chi connectivity index (χ3v) is 3.42. The van der Waals surface area contributed by atoms with Gasteiger partial charge in [0.2, 0.25) is 0 Å². The van der Waals surface area contributed by atoms with Crippen LogP contribution in [0.1, 0.15) is 40.5 Å². The van der Waals surface area contributed by atoms with Crippen molar-refractivity contribution in [2.45, 2.75) is 57.7 Å². The van der Waals surface area contributed by atoms with Gasteiger partial charge in [0, 0.05) is 23.9 Å². The minimum Gasteiger partial charge on any atom is -0.462 e. The zero-order valence-electron chi connectivity index (χ0n) is 10.2. The second-order valence-electron chi connectivity index (χ2n) is 5.57. The molecule has 4 nitrogen and oxygen atoms in total. The minimum absolute atomic E-state index is 0.166. The number of hydroxylamine groups is 2. The molecule has 1 rings (SSSR count). The normalized spacial score (nSPS) is 25.4. The molecule has 0 unspecified atom stereocenters. The van der Waals surface area contributed by atoms with E-state index in [1.807, 2.05) is 27.7 Å². The Morgan fingerprint density at radius 2 is 1.75 bits per heavy atom. The number of piperidine rings is 1. The Hall–Kier alpha value is -0.130. The van der Waals surface area contributed by atoms with Crippen molar-refractivity contribution in [1.29, 1.82) is 0 Å². The van der Waals surface area contributed by atoms with Crippen molar-refractivity contribution in [2.24, 2.45) is 0 Å². The maximum absolute atomic E-state index is 12.0. The molecule has 93 valence electrons. The molecule has 16 heavy (non-hydrogen) atoms. The SMILES string of the molecule is CC1(C)CC(OC(=O)CBr)CC(C)(C)N1[O]. The molecular weight excluding hydrogens is 274 g/mol. The van der Waals surface area contributed by atoms with Gasteiger partial charge in [-0.1, -0.05) is 15.9 Å². The van der Waals surface area contributed by atoms with Gasteiger partial charge in [-0.2, -0.15) is 0 Å². The molecule has 1 aliphatic heterocycles. The average molecular weight is 293 g/mol. The number of carbonyl (C=O) groups excluding carboxylic acids is 1. The highest BCUT2D eigenvalue weighted by Crippen LogP contribution is 2.38. The standard InChI is InChI=1S/C11H19BrNO3/c1-10(2)5-8(16-9(14)7-12)6-11(3,4)13(10)15/h8H,5-7H2,1-4H3. The van der Waals surface area contributed by atoms with Crippen molar-refractivity contribution in [1.82, 2.24) is 5.06 Å². The Bertz CT molecular complexity index is 260. The van der Waals surface area contributed by atoms with E-state index in [4.69, 9.17) is 4.74 Å². The van der Waals surface area contributed by atoms with E-state index in [-0.39, 0.29) is 17.4 Å². The predicted octanol–water partition coefficient (Wildman–Crippen LogP) is 2.29. The fourth-order valence-electron chi connectivity index (χ4n) is 2.47. The summed E-state index contributed by atoms with van der Waals surface area (Å²) < 4.78 is 5.31. The first-order valence-electron chi connectivity index (χ1n) is 5.42. The third-order valence-electron chi connectivity index (χ3n) is 2.96. The smallest absolute Gasteiger partial charge is 0.316 e. The van der Waals surface area contributed by atoms with Crippen molar-refractivity contribution in [3.8, 4) is 0 Å². The van der Waals surface area contributed by atoms with Crippen LogP contribution in [0.25, 0.3) is 0 Å². The van der Waals surface area contributed by atoms with Gasteiger partial charge in [0.05, 0.1) is 0 Å². The largest absolute Gasteiger partial charge is 0.462 e. The highest BCUT2D eigenvalue weighted by molar-refractivity contribution is 9.09. The lowest BCUT2D eigenvalue weighted by Gasteiger charge is -2.49. The van der Waals surface area contributed by atoms with E-state index in [0.29, 0.717) is 12.8 Å². The van der Waals surface area contributed by atoms with Gasteiger partial charge in [0.1, 0.15) is 11.4 Å². The summed E-state index contributed by atoms with van der Waals surface area (Å²) in [4.78, 5) is 11.2.